The zero-order valence-electron chi connectivity index (χ0n) is 9.54. The highest BCUT2D eigenvalue weighted by atomic mass is 19.4. The summed E-state index contributed by atoms with van der Waals surface area (Å²) in [6.45, 7) is 1.55. The number of hydrogen-bond acceptors (Lipinski definition) is 3. The first-order valence-electron chi connectivity index (χ1n) is 5.03. The van der Waals surface area contributed by atoms with Crippen molar-refractivity contribution in [3.63, 3.8) is 0 Å². The van der Waals surface area contributed by atoms with Gasteiger partial charge < -0.3 is 4.74 Å². The van der Waals surface area contributed by atoms with Crippen LogP contribution in [0.15, 0.2) is 10.9 Å². The van der Waals surface area contributed by atoms with Crippen LogP contribution in [-0.2, 0) is 6.54 Å². The Balaban J connectivity index is 2.80. The number of aryl methyl sites for hydroxylation is 1. The lowest BCUT2D eigenvalue weighted by molar-refractivity contribution is -0.136. The van der Waals surface area contributed by atoms with Crippen molar-refractivity contribution in [1.29, 1.82) is 0 Å². The van der Waals surface area contributed by atoms with Gasteiger partial charge in [0, 0.05) is 24.7 Å². The predicted octanol–water partition coefficient (Wildman–Crippen LogP) is 1.90. The Bertz CT molecular complexity index is 440. The molecule has 1 aromatic heterocycles. The molecule has 0 saturated carbocycles. The van der Waals surface area contributed by atoms with E-state index in [0.29, 0.717) is 5.69 Å². The smallest absolute Gasteiger partial charge is 0.389 e. The molecular formula is C10H13F3N2O2. The Morgan fingerprint density at radius 3 is 2.65 bits per heavy atom. The molecule has 0 aliphatic heterocycles. The van der Waals surface area contributed by atoms with Gasteiger partial charge in [-0.15, -0.1) is 0 Å². The highest BCUT2D eigenvalue weighted by Crippen LogP contribution is 2.21. The van der Waals surface area contributed by atoms with Gasteiger partial charge in [0.25, 0.3) is 11.6 Å². The second-order valence-electron chi connectivity index (χ2n) is 3.59. The van der Waals surface area contributed by atoms with Gasteiger partial charge in [0.1, 0.15) is 0 Å². The van der Waals surface area contributed by atoms with Crippen molar-refractivity contribution in [2.24, 2.45) is 0 Å². The number of methoxy groups -OCH3 is 1. The standard InChI is InChI=1S/C10H13F3N2O2/c1-7-6-8(16)15(9(14-7)17-2)5-3-4-10(11,12)13/h6H,3-5H2,1-2H3. The molecular weight excluding hydrogens is 237 g/mol. The molecule has 1 aromatic rings. The number of ether oxygens (including phenoxy) is 1. The van der Waals surface area contributed by atoms with Crippen molar-refractivity contribution >= 4 is 0 Å². The van der Waals surface area contributed by atoms with Crippen LogP contribution in [0.5, 0.6) is 6.01 Å². The molecule has 0 fully saturated rings. The maximum atomic E-state index is 12.0. The van der Waals surface area contributed by atoms with Crippen molar-refractivity contribution < 1.29 is 17.9 Å². The fourth-order valence-corrected chi connectivity index (χ4v) is 1.39. The highest BCUT2D eigenvalue weighted by Gasteiger charge is 2.26. The molecule has 0 amide bonds. The van der Waals surface area contributed by atoms with E-state index in [1.54, 1.807) is 6.92 Å². The van der Waals surface area contributed by atoms with E-state index >= 15 is 0 Å². The Morgan fingerprint density at radius 1 is 1.47 bits per heavy atom. The average molecular weight is 250 g/mol. The molecule has 0 aliphatic carbocycles. The quantitative estimate of drug-likeness (QED) is 0.819. The SMILES string of the molecule is COc1nc(C)cc(=O)n1CCCC(F)(F)F. The zero-order chi connectivity index (χ0) is 13.1. The van der Waals surface area contributed by atoms with Crippen LogP contribution in [0.3, 0.4) is 0 Å². The van der Waals surface area contributed by atoms with Gasteiger partial charge in [-0.25, -0.2) is 4.98 Å². The fourth-order valence-electron chi connectivity index (χ4n) is 1.39. The van der Waals surface area contributed by atoms with Crippen LogP contribution >= 0.6 is 0 Å². The van der Waals surface area contributed by atoms with E-state index in [4.69, 9.17) is 4.74 Å². The molecule has 0 unspecified atom stereocenters. The third-order valence-corrected chi connectivity index (χ3v) is 2.13. The molecule has 0 spiro atoms. The van der Waals surface area contributed by atoms with Crippen molar-refractivity contribution in [3.8, 4) is 6.01 Å². The molecule has 0 atom stereocenters. The minimum absolute atomic E-state index is 0.0391. The molecule has 7 heteroatoms. The van der Waals surface area contributed by atoms with Gasteiger partial charge in [-0.05, 0) is 13.3 Å². The second kappa shape index (κ2) is 5.20. The Kier molecular flexibility index (Phi) is 4.14. The predicted molar refractivity (Wildman–Crippen MR) is 55.1 cm³/mol. The van der Waals surface area contributed by atoms with Gasteiger partial charge in [0.2, 0.25) is 0 Å². The molecule has 0 N–H and O–H groups in total. The minimum atomic E-state index is -4.21. The highest BCUT2D eigenvalue weighted by molar-refractivity contribution is 5.06. The van der Waals surface area contributed by atoms with Crippen LogP contribution < -0.4 is 10.3 Å². The maximum Gasteiger partial charge on any atom is 0.389 e. The van der Waals surface area contributed by atoms with Crippen LogP contribution in [0, 0.1) is 6.92 Å². The molecule has 0 saturated heterocycles. The van der Waals surface area contributed by atoms with E-state index in [2.05, 4.69) is 4.98 Å². The van der Waals surface area contributed by atoms with Gasteiger partial charge in [0.05, 0.1) is 7.11 Å². The lowest BCUT2D eigenvalue weighted by Crippen LogP contribution is -2.23. The summed E-state index contributed by atoms with van der Waals surface area (Å²) in [5.41, 5.74) is 0.0652. The lowest BCUT2D eigenvalue weighted by atomic mass is 10.3. The van der Waals surface area contributed by atoms with E-state index in [9.17, 15) is 18.0 Å². The normalized spacial score (nSPS) is 11.6. The van der Waals surface area contributed by atoms with E-state index in [0.717, 1.165) is 4.57 Å². The van der Waals surface area contributed by atoms with Crippen LogP contribution in [0.25, 0.3) is 0 Å². The number of aromatic nitrogens is 2. The summed E-state index contributed by atoms with van der Waals surface area (Å²) in [5.74, 6) is 0. The molecule has 0 bridgehead atoms. The first-order chi connectivity index (χ1) is 7.83. The average Bonchev–Trinajstić information content (AvgIpc) is 2.18. The van der Waals surface area contributed by atoms with Crippen molar-refractivity contribution in [3.05, 3.63) is 22.1 Å². The first-order valence-corrected chi connectivity index (χ1v) is 5.03. The molecule has 0 aromatic carbocycles. The summed E-state index contributed by atoms with van der Waals surface area (Å²) in [7, 11) is 1.32. The third kappa shape index (κ3) is 4.08. The van der Waals surface area contributed by atoms with Crippen molar-refractivity contribution in [2.45, 2.75) is 32.5 Å². The van der Waals surface area contributed by atoms with E-state index < -0.39 is 18.2 Å². The molecule has 0 aliphatic rings. The maximum absolute atomic E-state index is 12.0. The summed E-state index contributed by atoms with van der Waals surface area (Å²) in [5, 5.41) is 0. The topological polar surface area (TPSA) is 44.1 Å². The Labute approximate surface area is 96.0 Å². The second-order valence-corrected chi connectivity index (χ2v) is 3.59. The summed E-state index contributed by atoms with van der Waals surface area (Å²) in [6, 6.07) is 1.30. The molecule has 1 heterocycles. The van der Waals surface area contributed by atoms with Crippen LogP contribution in [0.4, 0.5) is 13.2 Å². The molecule has 4 nitrogen and oxygen atoms in total. The Morgan fingerprint density at radius 2 is 2.12 bits per heavy atom. The Hall–Kier alpha value is -1.53. The van der Waals surface area contributed by atoms with Crippen LogP contribution in [-0.4, -0.2) is 22.8 Å². The molecule has 96 valence electrons. The number of alkyl halides is 3. The van der Waals surface area contributed by atoms with E-state index in [1.165, 1.54) is 13.2 Å². The monoisotopic (exact) mass is 250 g/mol. The molecule has 0 radical (unpaired) electrons. The van der Waals surface area contributed by atoms with Gasteiger partial charge in [0.15, 0.2) is 0 Å². The molecule has 1 rings (SSSR count). The lowest BCUT2D eigenvalue weighted by Gasteiger charge is -2.11. The summed E-state index contributed by atoms with van der Waals surface area (Å²) in [4.78, 5) is 15.5. The summed E-state index contributed by atoms with van der Waals surface area (Å²) >= 11 is 0. The fraction of sp³-hybridized carbons (Fsp3) is 0.600. The molecule has 17 heavy (non-hydrogen) atoms. The van der Waals surface area contributed by atoms with E-state index in [1.807, 2.05) is 0 Å². The first kappa shape index (κ1) is 13.5. The largest absolute Gasteiger partial charge is 0.468 e. The number of rotatable bonds is 4. The number of halogens is 3. The van der Waals surface area contributed by atoms with Gasteiger partial charge >= 0.3 is 6.18 Å². The van der Waals surface area contributed by atoms with Crippen LogP contribution in [0.2, 0.25) is 0 Å². The van der Waals surface area contributed by atoms with Crippen LogP contribution in [0.1, 0.15) is 18.5 Å². The minimum Gasteiger partial charge on any atom is -0.468 e. The third-order valence-electron chi connectivity index (χ3n) is 2.13. The summed E-state index contributed by atoms with van der Waals surface area (Å²) < 4.78 is 41.9. The summed E-state index contributed by atoms with van der Waals surface area (Å²) in [6.07, 6.45) is -5.32. The number of nitrogens with zero attached hydrogens (tertiary/aromatic N) is 2. The van der Waals surface area contributed by atoms with Gasteiger partial charge in [-0.3, -0.25) is 9.36 Å². The van der Waals surface area contributed by atoms with Crippen molar-refractivity contribution in [2.75, 3.05) is 7.11 Å². The van der Waals surface area contributed by atoms with Crippen molar-refractivity contribution in [1.82, 2.24) is 9.55 Å². The van der Waals surface area contributed by atoms with E-state index in [-0.39, 0.29) is 19.0 Å². The van der Waals surface area contributed by atoms with Gasteiger partial charge in [-0.1, -0.05) is 0 Å². The number of hydrogen-bond donors (Lipinski definition) is 0. The van der Waals surface area contributed by atoms with Gasteiger partial charge in [-0.2, -0.15) is 13.2 Å². The zero-order valence-corrected chi connectivity index (χ0v) is 9.54.